The van der Waals surface area contributed by atoms with Crippen LogP contribution < -0.4 is 4.74 Å². The molecule has 0 amide bonds. The summed E-state index contributed by atoms with van der Waals surface area (Å²) in [7, 11) is 0. The lowest BCUT2D eigenvalue weighted by molar-refractivity contribution is -0.142. The first-order chi connectivity index (χ1) is 10.0. The number of hydrogen-bond acceptors (Lipinski definition) is 6. The van der Waals surface area contributed by atoms with E-state index in [1.165, 1.54) is 11.3 Å². The summed E-state index contributed by atoms with van der Waals surface area (Å²) >= 11 is 2.26. The predicted octanol–water partition coefficient (Wildman–Crippen LogP) is 2.71. The average Bonchev–Trinajstić information content (AvgIpc) is 2.81. The number of aromatic nitrogens is 1. The molecular weight excluding hydrogens is 314 g/mol. The molecule has 2 N–H and O–H groups in total. The first-order valence-corrected chi connectivity index (χ1v) is 7.84. The summed E-state index contributed by atoms with van der Waals surface area (Å²) in [5, 5.41) is 16.8. The third kappa shape index (κ3) is 3.85. The van der Waals surface area contributed by atoms with E-state index < -0.39 is 23.6 Å². The van der Waals surface area contributed by atoms with Gasteiger partial charge in [0.15, 0.2) is 4.34 Å². The van der Waals surface area contributed by atoms with Crippen molar-refractivity contribution in [3.63, 3.8) is 0 Å². The minimum Gasteiger partial charge on any atom is -0.492 e. The number of aliphatic carboxylic acids is 2. The molecule has 2 aromatic rings. The van der Waals surface area contributed by atoms with E-state index in [1.807, 2.05) is 25.1 Å². The zero-order chi connectivity index (χ0) is 15.4. The predicted molar refractivity (Wildman–Crippen MR) is 80.3 cm³/mol. The average molecular weight is 327 g/mol. The third-order valence-corrected chi connectivity index (χ3v) is 4.90. The number of carboxylic acids is 2. The van der Waals surface area contributed by atoms with E-state index in [2.05, 4.69) is 4.98 Å². The highest BCUT2D eigenvalue weighted by Gasteiger charge is 2.24. The zero-order valence-corrected chi connectivity index (χ0v) is 12.7. The van der Waals surface area contributed by atoms with Gasteiger partial charge in [0.25, 0.3) is 0 Å². The van der Waals surface area contributed by atoms with Gasteiger partial charge in [-0.25, -0.2) is 4.98 Å². The zero-order valence-electron chi connectivity index (χ0n) is 11.1. The Balaban J connectivity index is 2.27. The van der Waals surface area contributed by atoms with E-state index in [1.54, 1.807) is 0 Å². The Kier molecular flexibility index (Phi) is 5.03. The Morgan fingerprint density at radius 2 is 2.19 bits per heavy atom. The van der Waals surface area contributed by atoms with Crippen molar-refractivity contribution in [2.45, 2.75) is 22.9 Å². The fourth-order valence-electron chi connectivity index (χ4n) is 1.68. The third-order valence-electron chi connectivity index (χ3n) is 2.54. The molecule has 0 saturated heterocycles. The number of hydrogen-bond donors (Lipinski definition) is 2. The molecule has 8 heteroatoms. The molecule has 0 fully saturated rings. The second-order valence-electron chi connectivity index (χ2n) is 4.06. The van der Waals surface area contributed by atoms with Crippen molar-refractivity contribution in [1.29, 1.82) is 0 Å². The molecule has 1 aromatic heterocycles. The largest absolute Gasteiger partial charge is 0.492 e. The summed E-state index contributed by atoms with van der Waals surface area (Å²) in [6, 6.07) is 5.45. The Labute approximate surface area is 128 Å². The lowest BCUT2D eigenvalue weighted by atomic mass is 10.3. The molecule has 0 bridgehead atoms. The summed E-state index contributed by atoms with van der Waals surface area (Å²) in [5.74, 6) is -1.61. The Morgan fingerprint density at radius 1 is 1.43 bits per heavy atom. The number of carboxylic acid groups (broad SMARTS) is 2. The Bertz CT molecular complexity index is 670. The number of ether oxygens (including phenoxy) is 1. The van der Waals surface area contributed by atoms with Gasteiger partial charge in [0.2, 0.25) is 0 Å². The molecule has 0 aliphatic heterocycles. The van der Waals surface area contributed by atoms with Crippen LogP contribution in [0.15, 0.2) is 22.5 Å². The minimum absolute atomic E-state index is 0.450. The van der Waals surface area contributed by atoms with Gasteiger partial charge in [-0.05, 0) is 19.1 Å². The quantitative estimate of drug-likeness (QED) is 0.755. The molecule has 6 nitrogen and oxygen atoms in total. The number of nitrogens with zero attached hydrogens (tertiary/aromatic N) is 1. The molecule has 0 radical (unpaired) electrons. The highest BCUT2D eigenvalue weighted by Crippen LogP contribution is 2.37. The molecule has 0 aliphatic rings. The summed E-state index contributed by atoms with van der Waals surface area (Å²) in [6.07, 6.45) is -0.450. The van der Waals surface area contributed by atoms with E-state index in [0.29, 0.717) is 22.2 Å². The second-order valence-corrected chi connectivity index (χ2v) is 6.51. The minimum atomic E-state index is -1.16. The van der Waals surface area contributed by atoms with Crippen molar-refractivity contribution < 1.29 is 24.5 Å². The molecule has 0 aliphatic carbocycles. The van der Waals surface area contributed by atoms with Crippen LogP contribution in [0, 0.1) is 0 Å². The molecule has 1 heterocycles. The van der Waals surface area contributed by atoms with Crippen LogP contribution in [0.4, 0.5) is 0 Å². The van der Waals surface area contributed by atoms with Crippen LogP contribution in [-0.4, -0.2) is 39.0 Å². The normalized spacial score (nSPS) is 12.2. The molecule has 0 saturated carbocycles. The first-order valence-electron chi connectivity index (χ1n) is 6.15. The van der Waals surface area contributed by atoms with E-state index in [9.17, 15) is 9.59 Å². The number of thiazole rings is 1. The van der Waals surface area contributed by atoms with Crippen molar-refractivity contribution in [2.24, 2.45) is 0 Å². The van der Waals surface area contributed by atoms with E-state index in [4.69, 9.17) is 14.9 Å². The van der Waals surface area contributed by atoms with Gasteiger partial charge in [-0.1, -0.05) is 17.8 Å². The molecule has 21 heavy (non-hydrogen) atoms. The molecule has 1 unspecified atom stereocenters. The standard InChI is InChI=1S/C13H13NO5S2/c1-2-19-8-5-3-4-7-11(8)21-13(14-7)20-9(12(17)18)6-10(15)16/h3-5,9H,2,6H2,1H3,(H,15,16)(H,17,18). The maximum atomic E-state index is 11.1. The number of fused-ring (bicyclic) bond motifs is 1. The van der Waals surface area contributed by atoms with Crippen LogP contribution in [-0.2, 0) is 9.59 Å². The maximum Gasteiger partial charge on any atom is 0.317 e. The fourth-order valence-corrected chi connectivity index (χ4v) is 3.96. The first kappa shape index (κ1) is 15.6. The van der Waals surface area contributed by atoms with Gasteiger partial charge in [0.1, 0.15) is 11.0 Å². The molecule has 1 atom stereocenters. The second kappa shape index (κ2) is 6.77. The number of rotatable bonds is 7. The van der Waals surface area contributed by atoms with Gasteiger partial charge in [0.05, 0.1) is 23.2 Å². The van der Waals surface area contributed by atoms with Crippen LogP contribution in [0.5, 0.6) is 5.75 Å². The number of carbonyl (C=O) groups is 2. The van der Waals surface area contributed by atoms with E-state index in [-0.39, 0.29) is 0 Å². The smallest absolute Gasteiger partial charge is 0.317 e. The summed E-state index contributed by atoms with van der Waals surface area (Å²) in [5.41, 5.74) is 0.716. The van der Waals surface area contributed by atoms with Crippen LogP contribution >= 0.6 is 23.1 Å². The van der Waals surface area contributed by atoms with Gasteiger partial charge in [0, 0.05) is 0 Å². The topological polar surface area (TPSA) is 96.7 Å². The summed E-state index contributed by atoms with van der Waals surface area (Å²) < 4.78 is 6.85. The van der Waals surface area contributed by atoms with Gasteiger partial charge < -0.3 is 14.9 Å². The Hall–Kier alpha value is -1.80. The summed E-state index contributed by atoms with van der Waals surface area (Å²) in [6.45, 7) is 2.40. The van der Waals surface area contributed by atoms with Gasteiger partial charge >= 0.3 is 11.9 Å². The highest BCUT2D eigenvalue weighted by molar-refractivity contribution is 8.02. The highest BCUT2D eigenvalue weighted by atomic mass is 32.2. The van der Waals surface area contributed by atoms with Crippen LogP contribution in [0.25, 0.3) is 10.2 Å². The van der Waals surface area contributed by atoms with Gasteiger partial charge in [-0.15, -0.1) is 11.3 Å². The lowest BCUT2D eigenvalue weighted by Crippen LogP contribution is -2.20. The maximum absolute atomic E-state index is 11.1. The molecule has 112 valence electrons. The van der Waals surface area contributed by atoms with Crippen molar-refractivity contribution >= 4 is 45.3 Å². The van der Waals surface area contributed by atoms with E-state index in [0.717, 1.165) is 16.5 Å². The Morgan fingerprint density at radius 3 is 2.81 bits per heavy atom. The van der Waals surface area contributed by atoms with Crippen molar-refractivity contribution in [3.05, 3.63) is 18.2 Å². The fraction of sp³-hybridized carbons (Fsp3) is 0.308. The van der Waals surface area contributed by atoms with Crippen molar-refractivity contribution in [3.8, 4) is 5.75 Å². The monoisotopic (exact) mass is 327 g/mol. The molecule has 1 aromatic carbocycles. The molecule has 2 rings (SSSR count). The number of benzene rings is 1. The molecular formula is C13H13NO5S2. The van der Waals surface area contributed by atoms with E-state index >= 15 is 0 Å². The van der Waals surface area contributed by atoms with Crippen LogP contribution in [0.1, 0.15) is 13.3 Å². The van der Waals surface area contributed by atoms with Crippen LogP contribution in [0.3, 0.4) is 0 Å². The SMILES string of the molecule is CCOc1cccc2nc(SC(CC(=O)O)C(=O)O)sc12. The van der Waals surface area contributed by atoms with Crippen molar-refractivity contribution in [2.75, 3.05) is 6.61 Å². The summed E-state index contributed by atoms with van der Waals surface area (Å²) in [4.78, 5) is 26.1. The lowest BCUT2D eigenvalue weighted by Gasteiger charge is -2.06. The van der Waals surface area contributed by atoms with Gasteiger partial charge in [-0.2, -0.15) is 0 Å². The molecule has 0 spiro atoms. The van der Waals surface area contributed by atoms with Crippen LogP contribution in [0.2, 0.25) is 0 Å². The number of thioether (sulfide) groups is 1. The van der Waals surface area contributed by atoms with Crippen molar-refractivity contribution in [1.82, 2.24) is 4.98 Å². The van der Waals surface area contributed by atoms with Gasteiger partial charge in [-0.3, -0.25) is 9.59 Å².